The van der Waals surface area contributed by atoms with Gasteiger partial charge >= 0.3 is 0 Å². The van der Waals surface area contributed by atoms with Crippen LogP contribution in [0.4, 0.5) is 9.52 Å². The summed E-state index contributed by atoms with van der Waals surface area (Å²) >= 11 is 1.41. The molecule has 1 amide bonds. The number of amides is 1. The van der Waals surface area contributed by atoms with Crippen LogP contribution >= 0.6 is 11.3 Å². The fourth-order valence-corrected chi connectivity index (χ4v) is 3.13. The van der Waals surface area contributed by atoms with Crippen LogP contribution in [0.15, 0.2) is 24.3 Å². The second kappa shape index (κ2) is 5.91. The Morgan fingerprint density at radius 1 is 1.43 bits per heavy atom. The maximum atomic E-state index is 13.0. The van der Waals surface area contributed by atoms with Crippen LogP contribution in [0, 0.1) is 12.7 Å². The summed E-state index contributed by atoms with van der Waals surface area (Å²) < 4.78 is 18.3. The molecule has 0 spiro atoms. The minimum Gasteiger partial charge on any atom is -0.368 e. The molecular formula is C15H15FN2O2S. The monoisotopic (exact) mass is 306 g/mol. The van der Waals surface area contributed by atoms with Gasteiger partial charge in [0.1, 0.15) is 11.9 Å². The number of nitrogens with one attached hydrogen (secondary N) is 1. The number of thiazole rings is 1. The van der Waals surface area contributed by atoms with E-state index < -0.39 is 0 Å². The van der Waals surface area contributed by atoms with Crippen molar-refractivity contribution >= 4 is 22.4 Å². The minimum absolute atomic E-state index is 0.146. The fraction of sp³-hybridized carbons (Fsp3) is 0.333. The lowest BCUT2D eigenvalue weighted by Crippen LogP contribution is -2.26. The second-order valence-corrected chi connectivity index (χ2v) is 6.12. The van der Waals surface area contributed by atoms with Crippen molar-refractivity contribution in [1.82, 2.24) is 4.98 Å². The lowest BCUT2D eigenvalue weighted by molar-refractivity contribution is -0.124. The standard InChI is InChI=1S/C15H15FN2O2S/c1-9-13(10-4-6-11(16)7-5-10)17-15(21-9)18-14(19)12-3-2-8-20-12/h4-7,12H,2-3,8H2,1H3,(H,17,18,19)/t12-/m1/s1. The van der Waals surface area contributed by atoms with Gasteiger partial charge in [0.05, 0.1) is 5.69 Å². The highest BCUT2D eigenvalue weighted by molar-refractivity contribution is 7.16. The van der Waals surface area contributed by atoms with Gasteiger partial charge in [-0.15, -0.1) is 11.3 Å². The Balaban J connectivity index is 1.77. The number of aromatic nitrogens is 1. The number of anilines is 1. The summed E-state index contributed by atoms with van der Waals surface area (Å²) in [5, 5.41) is 3.34. The molecule has 1 aromatic carbocycles. The second-order valence-electron chi connectivity index (χ2n) is 4.92. The number of ether oxygens (including phenoxy) is 1. The Bertz CT molecular complexity index is 648. The zero-order valence-corrected chi connectivity index (χ0v) is 12.4. The average molecular weight is 306 g/mol. The van der Waals surface area contributed by atoms with E-state index >= 15 is 0 Å². The smallest absolute Gasteiger partial charge is 0.255 e. The lowest BCUT2D eigenvalue weighted by atomic mass is 10.1. The number of benzene rings is 1. The van der Waals surface area contributed by atoms with Crippen LogP contribution in [-0.2, 0) is 9.53 Å². The minimum atomic E-state index is -0.372. The quantitative estimate of drug-likeness (QED) is 0.946. The van der Waals surface area contributed by atoms with E-state index in [1.165, 1.54) is 23.5 Å². The molecule has 0 bridgehead atoms. The van der Waals surface area contributed by atoms with Gasteiger partial charge in [-0.3, -0.25) is 10.1 Å². The summed E-state index contributed by atoms with van der Waals surface area (Å²) in [6.45, 7) is 2.56. The zero-order valence-electron chi connectivity index (χ0n) is 11.6. The number of rotatable bonds is 3. The van der Waals surface area contributed by atoms with E-state index in [9.17, 15) is 9.18 Å². The number of aryl methyl sites for hydroxylation is 1. The highest BCUT2D eigenvalue weighted by Crippen LogP contribution is 2.30. The Kier molecular flexibility index (Phi) is 3.98. The lowest BCUT2D eigenvalue weighted by Gasteiger charge is -2.07. The largest absolute Gasteiger partial charge is 0.368 e. The average Bonchev–Trinajstić information content (AvgIpc) is 3.10. The Labute approximate surface area is 126 Å². The van der Waals surface area contributed by atoms with Crippen LogP contribution in [0.5, 0.6) is 0 Å². The van der Waals surface area contributed by atoms with Crippen molar-refractivity contribution in [3.05, 3.63) is 35.0 Å². The molecule has 1 aliphatic heterocycles. The van der Waals surface area contributed by atoms with Crippen LogP contribution in [0.1, 0.15) is 17.7 Å². The first kappa shape index (κ1) is 14.2. The van der Waals surface area contributed by atoms with E-state index in [0.29, 0.717) is 11.7 Å². The summed E-state index contributed by atoms with van der Waals surface area (Å²) in [7, 11) is 0. The molecule has 0 aliphatic carbocycles. The number of carbonyl (C=O) groups excluding carboxylic acids is 1. The number of halogens is 1. The van der Waals surface area contributed by atoms with Crippen molar-refractivity contribution in [2.75, 3.05) is 11.9 Å². The molecule has 1 atom stereocenters. The van der Waals surface area contributed by atoms with Crippen molar-refractivity contribution in [3.63, 3.8) is 0 Å². The highest BCUT2D eigenvalue weighted by Gasteiger charge is 2.24. The summed E-state index contributed by atoms with van der Waals surface area (Å²) in [5.74, 6) is -0.426. The van der Waals surface area contributed by atoms with Gasteiger partial charge in [-0.05, 0) is 44.0 Å². The van der Waals surface area contributed by atoms with Crippen LogP contribution < -0.4 is 5.32 Å². The number of nitrogens with zero attached hydrogens (tertiary/aromatic N) is 1. The van der Waals surface area contributed by atoms with Crippen molar-refractivity contribution in [1.29, 1.82) is 0 Å². The maximum absolute atomic E-state index is 13.0. The van der Waals surface area contributed by atoms with Crippen molar-refractivity contribution in [2.24, 2.45) is 0 Å². The van der Waals surface area contributed by atoms with Crippen molar-refractivity contribution in [3.8, 4) is 11.3 Å². The van der Waals surface area contributed by atoms with E-state index in [-0.39, 0.29) is 17.8 Å². The topological polar surface area (TPSA) is 51.2 Å². The van der Waals surface area contributed by atoms with Gasteiger partial charge in [0.25, 0.3) is 5.91 Å². The molecule has 1 saturated heterocycles. The van der Waals surface area contributed by atoms with E-state index in [1.54, 1.807) is 12.1 Å². The summed E-state index contributed by atoms with van der Waals surface area (Å²) in [4.78, 5) is 17.4. The first-order valence-electron chi connectivity index (χ1n) is 6.79. The van der Waals surface area contributed by atoms with E-state index in [0.717, 1.165) is 29.0 Å². The predicted octanol–water partition coefficient (Wildman–Crippen LogP) is 3.38. The molecule has 0 unspecified atom stereocenters. The molecule has 1 aromatic heterocycles. The Hall–Kier alpha value is -1.79. The molecule has 21 heavy (non-hydrogen) atoms. The fourth-order valence-electron chi connectivity index (χ4n) is 2.30. The van der Waals surface area contributed by atoms with Crippen molar-refractivity contribution in [2.45, 2.75) is 25.9 Å². The number of hydrogen-bond acceptors (Lipinski definition) is 4. The van der Waals surface area contributed by atoms with Crippen molar-refractivity contribution < 1.29 is 13.9 Å². The third-order valence-corrected chi connectivity index (χ3v) is 4.25. The first-order chi connectivity index (χ1) is 10.1. The first-order valence-corrected chi connectivity index (χ1v) is 7.61. The molecule has 4 nitrogen and oxygen atoms in total. The zero-order chi connectivity index (χ0) is 14.8. The highest BCUT2D eigenvalue weighted by atomic mass is 32.1. The summed E-state index contributed by atoms with van der Waals surface area (Å²) in [6, 6.07) is 6.17. The van der Waals surface area contributed by atoms with Gasteiger partial charge < -0.3 is 4.74 Å². The molecule has 2 aromatic rings. The van der Waals surface area contributed by atoms with Gasteiger partial charge in [0.2, 0.25) is 0 Å². The molecule has 2 heterocycles. The third kappa shape index (κ3) is 3.11. The maximum Gasteiger partial charge on any atom is 0.255 e. The number of hydrogen-bond donors (Lipinski definition) is 1. The molecule has 1 N–H and O–H groups in total. The summed E-state index contributed by atoms with van der Waals surface area (Å²) in [6.07, 6.45) is 1.29. The third-order valence-electron chi connectivity index (χ3n) is 3.37. The molecule has 0 radical (unpaired) electrons. The van der Waals surface area contributed by atoms with E-state index in [2.05, 4.69) is 10.3 Å². The van der Waals surface area contributed by atoms with Gasteiger partial charge in [0, 0.05) is 17.0 Å². The van der Waals surface area contributed by atoms with Gasteiger partial charge in [-0.2, -0.15) is 0 Å². The predicted molar refractivity (Wildman–Crippen MR) is 79.8 cm³/mol. The van der Waals surface area contributed by atoms with Crippen LogP contribution in [-0.4, -0.2) is 23.6 Å². The molecular weight excluding hydrogens is 291 g/mol. The summed E-state index contributed by atoms with van der Waals surface area (Å²) in [5.41, 5.74) is 1.60. The van der Waals surface area contributed by atoms with Gasteiger partial charge in [-0.25, -0.2) is 9.37 Å². The van der Waals surface area contributed by atoms with Gasteiger partial charge in [-0.1, -0.05) is 0 Å². The van der Waals surface area contributed by atoms with Crippen LogP contribution in [0.3, 0.4) is 0 Å². The molecule has 0 saturated carbocycles. The molecule has 6 heteroatoms. The molecule has 1 aliphatic rings. The molecule has 1 fully saturated rings. The SMILES string of the molecule is Cc1sc(NC(=O)[C@H]2CCCO2)nc1-c1ccc(F)cc1. The normalized spacial score (nSPS) is 17.9. The Morgan fingerprint density at radius 2 is 2.19 bits per heavy atom. The molecule has 110 valence electrons. The van der Waals surface area contributed by atoms with Crippen LogP contribution in [0.2, 0.25) is 0 Å². The number of carbonyl (C=O) groups is 1. The van der Waals surface area contributed by atoms with Gasteiger partial charge in [0.15, 0.2) is 5.13 Å². The van der Waals surface area contributed by atoms with Crippen LogP contribution in [0.25, 0.3) is 11.3 Å². The van der Waals surface area contributed by atoms with E-state index in [1.807, 2.05) is 6.92 Å². The van der Waals surface area contributed by atoms with E-state index in [4.69, 9.17) is 4.74 Å². The molecule has 3 rings (SSSR count). The Morgan fingerprint density at radius 3 is 2.86 bits per heavy atom.